The zero-order valence-corrected chi connectivity index (χ0v) is 11.3. The van der Waals surface area contributed by atoms with Gasteiger partial charge in [-0.15, -0.1) is 0 Å². The highest BCUT2D eigenvalue weighted by Gasteiger charge is 2.07. The van der Waals surface area contributed by atoms with E-state index in [0.29, 0.717) is 6.54 Å². The van der Waals surface area contributed by atoms with Gasteiger partial charge in [0.25, 0.3) is 5.91 Å². The number of halogens is 1. The molecule has 0 atom stereocenters. The number of nitrogens with one attached hydrogen (secondary N) is 1. The zero-order valence-electron chi connectivity index (χ0n) is 11.3. The molecule has 0 heterocycles. The summed E-state index contributed by atoms with van der Waals surface area (Å²) < 4.78 is 13.2. The molecule has 0 aliphatic heterocycles. The van der Waals surface area contributed by atoms with Gasteiger partial charge in [0.05, 0.1) is 0 Å². The summed E-state index contributed by atoms with van der Waals surface area (Å²) in [6.45, 7) is 2.52. The van der Waals surface area contributed by atoms with E-state index in [0.717, 1.165) is 12.0 Å². The average Bonchev–Trinajstić information content (AvgIpc) is 2.37. The number of hydrogen-bond donors (Lipinski definition) is 2. The van der Waals surface area contributed by atoms with E-state index in [9.17, 15) is 9.18 Å². The van der Waals surface area contributed by atoms with Gasteiger partial charge in [-0.05, 0) is 37.1 Å². The molecule has 0 aliphatic carbocycles. The van der Waals surface area contributed by atoms with E-state index in [4.69, 9.17) is 5.73 Å². The maximum absolute atomic E-state index is 13.2. The van der Waals surface area contributed by atoms with Crippen molar-refractivity contribution in [1.82, 2.24) is 5.32 Å². The summed E-state index contributed by atoms with van der Waals surface area (Å²) in [5.41, 5.74) is 8.34. The lowest BCUT2D eigenvalue weighted by Crippen LogP contribution is -2.25. The molecule has 0 spiro atoms. The van der Waals surface area contributed by atoms with Crippen LogP contribution in [-0.2, 0) is 6.42 Å². The van der Waals surface area contributed by atoms with Gasteiger partial charge in [0.15, 0.2) is 0 Å². The Morgan fingerprint density at radius 3 is 2.75 bits per heavy atom. The smallest absolute Gasteiger partial charge is 0.251 e. The molecule has 0 radical (unpaired) electrons. The fourth-order valence-electron chi connectivity index (χ4n) is 2.03. The van der Waals surface area contributed by atoms with Crippen molar-refractivity contribution in [2.45, 2.75) is 13.3 Å². The van der Waals surface area contributed by atoms with Crippen molar-refractivity contribution in [3.8, 4) is 0 Å². The molecule has 4 heteroatoms. The molecule has 0 fully saturated rings. The van der Waals surface area contributed by atoms with E-state index in [1.165, 1.54) is 23.8 Å². The second-order valence-electron chi connectivity index (χ2n) is 4.77. The largest absolute Gasteiger partial charge is 0.399 e. The Morgan fingerprint density at radius 2 is 2.05 bits per heavy atom. The summed E-state index contributed by atoms with van der Waals surface area (Å²) in [7, 11) is 0. The lowest BCUT2D eigenvalue weighted by atomic mass is 10.1. The van der Waals surface area contributed by atoms with Crippen LogP contribution in [0.1, 0.15) is 21.5 Å². The summed E-state index contributed by atoms with van der Waals surface area (Å²) >= 11 is 0. The van der Waals surface area contributed by atoms with Gasteiger partial charge in [-0.1, -0.05) is 29.8 Å². The maximum Gasteiger partial charge on any atom is 0.251 e. The Morgan fingerprint density at radius 1 is 1.25 bits per heavy atom. The molecule has 0 saturated carbocycles. The third kappa shape index (κ3) is 3.82. The number of amides is 1. The van der Waals surface area contributed by atoms with E-state index in [2.05, 4.69) is 11.4 Å². The maximum atomic E-state index is 13.2. The standard InChI is InChI=1S/C16H17FN2O/c1-11-3-2-4-12(7-11)5-6-19-16(20)13-8-14(17)10-15(18)9-13/h2-4,7-10H,5-6,18H2,1H3,(H,19,20). The van der Waals surface area contributed by atoms with E-state index in [1.54, 1.807) is 0 Å². The van der Waals surface area contributed by atoms with Crippen LogP contribution in [-0.4, -0.2) is 12.5 Å². The van der Waals surface area contributed by atoms with E-state index in [-0.39, 0.29) is 17.2 Å². The van der Waals surface area contributed by atoms with Crippen molar-refractivity contribution in [3.63, 3.8) is 0 Å². The molecule has 0 bridgehead atoms. The van der Waals surface area contributed by atoms with Gasteiger partial charge in [0, 0.05) is 17.8 Å². The fraction of sp³-hybridized carbons (Fsp3) is 0.188. The third-order valence-corrected chi connectivity index (χ3v) is 2.96. The monoisotopic (exact) mass is 272 g/mol. The molecule has 2 aromatic carbocycles. The van der Waals surface area contributed by atoms with Crippen LogP contribution >= 0.6 is 0 Å². The summed E-state index contributed by atoms with van der Waals surface area (Å²) in [4.78, 5) is 11.9. The van der Waals surface area contributed by atoms with Crippen LogP contribution in [0.15, 0.2) is 42.5 Å². The predicted molar refractivity (Wildman–Crippen MR) is 78.0 cm³/mol. The second-order valence-corrected chi connectivity index (χ2v) is 4.77. The van der Waals surface area contributed by atoms with Gasteiger partial charge in [-0.2, -0.15) is 0 Å². The summed E-state index contributed by atoms with van der Waals surface area (Å²) in [5.74, 6) is -0.822. The molecule has 0 aliphatic rings. The summed E-state index contributed by atoms with van der Waals surface area (Å²) in [6, 6.07) is 11.9. The number of carbonyl (C=O) groups excluding carboxylic acids is 1. The topological polar surface area (TPSA) is 55.1 Å². The second kappa shape index (κ2) is 6.19. The number of benzene rings is 2. The summed E-state index contributed by atoms with van der Waals surface area (Å²) in [5, 5.41) is 2.76. The van der Waals surface area contributed by atoms with Crippen molar-refractivity contribution in [3.05, 3.63) is 65.0 Å². The number of nitrogen functional groups attached to an aromatic ring is 1. The molecule has 0 saturated heterocycles. The lowest BCUT2D eigenvalue weighted by molar-refractivity contribution is 0.0953. The molecule has 104 valence electrons. The van der Waals surface area contributed by atoms with Gasteiger partial charge in [-0.3, -0.25) is 4.79 Å². The van der Waals surface area contributed by atoms with Gasteiger partial charge >= 0.3 is 0 Å². The molecule has 20 heavy (non-hydrogen) atoms. The van der Waals surface area contributed by atoms with Crippen LogP contribution in [0.5, 0.6) is 0 Å². The van der Waals surface area contributed by atoms with Gasteiger partial charge < -0.3 is 11.1 Å². The van der Waals surface area contributed by atoms with Crippen LogP contribution in [0.2, 0.25) is 0 Å². The van der Waals surface area contributed by atoms with E-state index < -0.39 is 5.82 Å². The van der Waals surface area contributed by atoms with Crippen LogP contribution in [0, 0.1) is 12.7 Å². The minimum absolute atomic E-state index is 0.242. The van der Waals surface area contributed by atoms with E-state index in [1.807, 2.05) is 25.1 Å². The first-order valence-corrected chi connectivity index (χ1v) is 6.44. The van der Waals surface area contributed by atoms with Gasteiger partial charge in [0.2, 0.25) is 0 Å². The SMILES string of the molecule is Cc1cccc(CCNC(=O)c2cc(N)cc(F)c2)c1. The highest BCUT2D eigenvalue weighted by Crippen LogP contribution is 2.10. The molecular formula is C16H17FN2O. The minimum atomic E-state index is -0.506. The van der Waals surface area contributed by atoms with Crippen molar-refractivity contribution >= 4 is 11.6 Å². The number of carbonyl (C=O) groups is 1. The van der Waals surface area contributed by atoms with Gasteiger partial charge in [0.1, 0.15) is 5.82 Å². The number of anilines is 1. The normalized spacial score (nSPS) is 10.3. The first-order chi connectivity index (χ1) is 9.54. The van der Waals surface area contributed by atoms with Crippen LogP contribution in [0.25, 0.3) is 0 Å². The minimum Gasteiger partial charge on any atom is -0.399 e. The highest BCUT2D eigenvalue weighted by molar-refractivity contribution is 5.95. The Balaban J connectivity index is 1.92. The molecule has 2 aromatic rings. The number of aryl methyl sites for hydroxylation is 1. The molecule has 2 rings (SSSR count). The quantitative estimate of drug-likeness (QED) is 0.841. The van der Waals surface area contributed by atoms with Crippen molar-refractivity contribution in [2.75, 3.05) is 12.3 Å². The number of hydrogen-bond acceptors (Lipinski definition) is 2. The number of rotatable bonds is 4. The van der Waals surface area contributed by atoms with E-state index >= 15 is 0 Å². The fourth-order valence-corrected chi connectivity index (χ4v) is 2.03. The average molecular weight is 272 g/mol. The Hall–Kier alpha value is -2.36. The Labute approximate surface area is 117 Å². The van der Waals surface area contributed by atoms with Crippen LogP contribution in [0.3, 0.4) is 0 Å². The molecule has 1 amide bonds. The first kappa shape index (κ1) is 14.1. The zero-order chi connectivity index (χ0) is 14.5. The molecular weight excluding hydrogens is 255 g/mol. The van der Waals surface area contributed by atoms with Crippen LogP contribution in [0.4, 0.5) is 10.1 Å². The molecule has 3 N–H and O–H groups in total. The van der Waals surface area contributed by atoms with Crippen molar-refractivity contribution < 1.29 is 9.18 Å². The van der Waals surface area contributed by atoms with Crippen molar-refractivity contribution in [1.29, 1.82) is 0 Å². The van der Waals surface area contributed by atoms with Gasteiger partial charge in [-0.25, -0.2) is 4.39 Å². The van der Waals surface area contributed by atoms with Crippen LogP contribution < -0.4 is 11.1 Å². The highest BCUT2D eigenvalue weighted by atomic mass is 19.1. The number of nitrogens with two attached hydrogens (primary N) is 1. The van der Waals surface area contributed by atoms with Crippen molar-refractivity contribution in [2.24, 2.45) is 0 Å². The Kier molecular flexibility index (Phi) is 4.35. The summed E-state index contributed by atoms with van der Waals surface area (Å²) in [6.07, 6.45) is 0.734. The lowest BCUT2D eigenvalue weighted by Gasteiger charge is -2.07. The molecule has 3 nitrogen and oxygen atoms in total. The molecule has 0 unspecified atom stereocenters. The third-order valence-electron chi connectivity index (χ3n) is 2.96. The Bertz CT molecular complexity index is 605. The predicted octanol–water partition coefficient (Wildman–Crippen LogP) is 2.69. The first-order valence-electron chi connectivity index (χ1n) is 6.44. The molecule has 0 aromatic heterocycles.